The van der Waals surface area contributed by atoms with Crippen molar-refractivity contribution in [3.05, 3.63) is 18.2 Å². The first-order valence-electron chi connectivity index (χ1n) is 1.88. The minimum absolute atomic E-state index is 0.722. The summed E-state index contributed by atoms with van der Waals surface area (Å²) in [5.74, 6) is 2.39. The Hall–Kier alpha value is -1.23. The zero-order valence-corrected chi connectivity index (χ0v) is 3.68. The van der Waals surface area contributed by atoms with Crippen LogP contribution in [0.2, 0.25) is 0 Å². The lowest BCUT2D eigenvalue weighted by Crippen LogP contribution is -1.64. The molecular formula is C5H4N2. The van der Waals surface area contributed by atoms with Gasteiger partial charge in [-0.1, -0.05) is 5.92 Å². The van der Waals surface area contributed by atoms with E-state index in [2.05, 4.69) is 15.9 Å². The Morgan fingerprint density at radius 2 is 2.71 bits per heavy atom. The van der Waals surface area contributed by atoms with Gasteiger partial charge in [-0.15, -0.1) is 6.42 Å². The molecule has 7 heavy (non-hydrogen) atoms. The Balaban J connectivity index is 3.04. The van der Waals surface area contributed by atoms with Crippen molar-refractivity contribution < 1.29 is 0 Å². The Bertz CT molecular complexity index is 168. The van der Waals surface area contributed by atoms with Crippen molar-refractivity contribution in [2.24, 2.45) is 0 Å². The van der Waals surface area contributed by atoms with Crippen LogP contribution in [0.1, 0.15) is 5.69 Å². The second-order valence-electron chi connectivity index (χ2n) is 1.11. The molecule has 0 atom stereocenters. The van der Waals surface area contributed by atoms with Gasteiger partial charge < -0.3 is 4.98 Å². The van der Waals surface area contributed by atoms with Gasteiger partial charge in [-0.25, -0.2) is 4.98 Å². The predicted molar refractivity (Wildman–Crippen MR) is 26.5 cm³/mol. The number of aromatic nitrogens is 2. The number of nitrogens with one attached hydrogen (secondary N) is 1. The fourth-order valence-electron chi connectivity index (χ4n) is 0.335. The number of imidazole rings is 1. The molecule has 0 bridgehead atoms. The first-order chi connectivity index (χ1) is 3.43. The zero-order chi connectivity index (χ0) is 5.11. The summed E-state index contributed by atoms with van der Waals surface area (Å²) in [6, 6.07) is 0. The highest BCUT2D eigenvalue weighted by atomic mass is 14.8. The van der Waals surface area contributed by atoms with Gasteiger partial charge in [-0.05, 0) is 0 Å². The van der Waals surface area contributed by atoms with Crippen LogP contribution in [0.25, 0.3) is 0 Å². The molecular weight excluding hydrogens is 88.1 g/mol. The molecule has 0 spiro atoms. The molecule has 0 saturated heterocycles. The Morgan fingerprint density at radius 3 is 3.00 bits per heavy atom. The van der Waals surface area contributed by atoms with Crippen LogP contribution in [-0.4, -0.2) is 9.97 Å². The summed E-state index contributed by atoms with van der Waals surface area (Å²) < 4.78 is 0. The summed E-state index contributed by atoms with van der Waals surface area (Å²) in [5, 5.41) is 0. The number of hydrogen-bond acceptors (Lipinski definition) is 1. The molecule has 0 saturated carbocycles. The van der Waals surface area contributed by atoms with Crippen molar-refractivity contribution in [2.45, 2.75) is 0 Å². The summed E-state index contributed by atoms with van der Waals surface area (Å²) >= 11 is 0. The van der Waals surface area contributed by atoms with Gasteiger partial charge in [0, 0.05) is 0 Å². The van der Waals surface area contributed by atoms with E-state index in [9.17, 15) is 0 Å². The molecule has 0 unspecified atom stereocenters. The molecule has 0 aliphatic heterocycles. The molecule has 1 N–H and O–H groups in total. The summed E-state index contributed by atoms with van der Waals surface area (Å²) in [6.07, 6.45) is 8.12. The van der Waals surface area contributed by atoms with Crippen LogP contribution in [0.15, 0.2) is 12.5 Å². The van der Waals surface area contributed by atoms with Gasteiger partial charge in [-0.2, -0.15) is 0 Å². The van der Waals surface area contributed by atoms with E-state index in [1.165, 1.54) is 0 Å². The normalized spacial score (nSPS) is 7.86. The average molecular weight is 92.1 g/mol. The molecule has 0 aliphatic rings. The maximum Gasteiger partial charge on any atom is 0.109 e. The number of H-pyrrole nitrogens is 1. The predicted octanol–water partition coefficient (Wildman–Crippen LogP) is 0.391. The van der Waals surface area contributed by atoms with Crippen molar-refractivity contribution in [2.75, 3.05) is 0 Å². The first-order valence-corrected chi connectivity index (χ1v) is 1.88. The number of terminal acetylenes is 1. The van der Waals surface area contributed by atoms with E-state index in [1.54, 1.807) is 12.5 Å². The van der Waals surface area contributed by atoms with Gasteiger partial charge in [0.2, 0.25) is 0 Å². The molecule has 2 nitrogen and oxygen atoms in total. The lowest BCUT2D eigenvalue weighted by atomic mass is 10.5. The summed E-state index contributed by atoms with van der Waals surface area (Å²) in [7, 11) is 0. The third-order valence-electron chi connectivity index (χ3n) is 0.654. The van der Waals surface area contributed by atoms with Crippen LogP contribution in [0.5, 0.6) is 0 Å². The van der Waals surface area contributed by atoms with Crippen LogP contribution in [0.4, 0.5) is 0 Å². The highest BCUT2D eigenvalue weighted by Gasteiger charge is 1.78. The van der Waals surface area contributed by atoms with E-state index in [-0.39, 0.29) is 0 Å². The maximum atomic E-state index is 4.97. The zero-order valence-electron chi connectivity index (χ0n) is 3.68. The van der Waals surface area contributed by atoms with Crippen LogP contribution >= 0.6 is 0 Å². The first kappa shape index (κ1) is 3.94. The number of hydrogen-bond donors (Lipinski definition) is 1. The Labute approximate surface area is 41.6 Å². The summed E-state index contributed by atoms with van der Waals surface area (Å²) in [6.45, 7) is 0. The minimum atomic E-state index is 0.722. The second-order valence-corrected chi connectivity index (χ2v) is 1.11. The second kappa shape index (κ2) is 1.48. The van der Waals surface area contributed by atoms with Crippen LogP contribution in [0.3, 0.4) is 0 Å². The van der Waals surface area contributed by atoms with E-state index < -0.39 is 0 Å². The molecule has 0 radical (unpaired) electrons. The SMILES string of the molecule is C#Cc1cnc[nH]1. The van der Waals surface area contributed by atoms with Crippen LogP contribution in [0, 0.1) is 12.3 Å². The van der Waals surface area contributed by atoms with Crippen molar-refractivity contribution >= 4 is 0 Å². The maximum absolute atomic E-state index is 4.97. The number of aromatic amines is 1. The third-order valence-corrected chi connectivity index (χ3v) is 0.654. The van der Waals surface area contributed by atoms with Gasteiger partial charge in [0.25, 0.3) is 0 Å². The molecule has 0 aromatic carbocycles. The molecule has 1 heterocycles. The van der Waals surface area contributed by atoms with E-state index in [0.717, 1.165) is 5.69 Å². The molecule has 0 amide bonds. The highest BCUT2D eigenvalue weighted by Crippen LogP contribution is 1.82. The molecule has 34 valence electrons. The van der Waals surface area contributed by atoms with E-state index >= 15 is 0 Å². The molecule has 2 heteroatoms. The van der Waals surface area contributed by atoms with Gasteiger partial charge in [0.15, 0.2) is 0 Å². The minimum Gasteiger partial charge on any atom is -0.338 e. The lowest BCUT2D eigenvalue weighted by Gasteiger charge is -1.68. The topological polar surface area (TPSA) is 28.7 Å². The van der Waals surface area contributed by atoms with Crippen molar-refractivity contribution in [1.82, 2.24) is 9.97 Å². The van der Waals surface area contributed by atoms with Crippen molar-refractivity contribution in [1.29, 1.82) is 0 Å². The molecule has 1 aromatic heterocycles. The van der Waals surface area contributed by atoms with Crippen LogP contribution in [-0.2, 0) is 0 Å². The van der Waals surface area contributed by atoms with Crippen LogP contribution < -0.4 is 0 Å². The van der Waals surface area contributed by atoms with E-state index in [1.807, 2.05) is 0 Å². The molecule has 0 aliphatic carbocycles. The monoisotopic (exact) mass is 92.0 g/mol. The standard InChI is InChI=1S/C5H4N2/c1-2-5-3-6-4-7-5/h1,3-4H,(H,6,7). The quantitative estimate of drug-likeness (QED) is 0.461. The lowest BCUT2D eigenvalue weighted by molar-refractivity contribution is 1.30. The molecule has 0 fully saturated rings. The Kier molecular flexibility index (Phi) is 0.833. The fourth-order valence-corrected chi connectivity index (χ4v) is 0.335. The smallest absolute Gasteiger partial charge is 0.109 e. The molecule has 1 rings (SSSR count). The number of nitrogens with zero attached hydrogens (tertiary/aromatic N) is 1. The van der Waals surface area contributed by atoms with E-state index in [0.29, 0.717) is 0 Å². The van der Waals surface area contributed by atoms with Crippen molar-refractivity contribution in [3.8, 4) is 12.3 Å². The largest absolute Gasteiger partial charge is 0.338 e. The van der Waals surface area contributed by atoms with Gasteiger partial charge in [0.1, 0.15) is 5.69 Å². The summed E-state index contributed by atoms with van der Waals surface area (Å²) in [4.78, 5) is 6.43. The fraction of sp³-hybridized carbons (Fsp3) is 0. The average Bonchev–Trinajstić information content (AvgIpc) is 2.14. The van der Waals surface area contributed by atoms with Crippen molar-refractivity contribution in [3.63, 3.8) is 0 Å². The van der Waals surface area contributed by atoms with Gasteiger partial charge >= 0.3 is 0 Å². The molecule has 1 aromatic rings. The van der Waals surface area contributed by atoms with Gasteiger partial charge in [-0.3, -0.25) is 0 Å². The number of rotatable bonds is 0. The van der Waals surface area contributed by atoms with Gasteiger partial charge in [0.05, 0.1) is 12.5 Å². The van der Waals surface area contributed by atoms with E-state index in [4.69, 9.17) is 6.42 Å². The Morgan fingerprint density at radius 1 is 1.86 bits per heavy atom. The third kappa shape index (κ3) is 0.606. The highest BCUT2D eigenvalue weighted by molar-refractivity contribution is 5.19. The summed E-state index contributed by atoms with van der Waals surface area (Å²) in [5.41, 5.74) is 0.722.